The number of thiophene rings is 1. The smallest absolute Gasteiger partial charge is 0.261 e. The number of aryl methyl sites for hydroxylation is 1. The highest BCUT2D eigenvalue weighted by Gasteiger charge is 2.24. The molecule has 31 heavy (non-hydrogen) atoms. The van der Waals surface area contributed by atoms with Crippen molar-refractivity contribution >= 4 is 52.9 Å². The molecular formula is C24H33Cl3N2OS. The number of carbonyl (C=O) groups is 1. The number of likely N-dealkylation sites (tertiary alicyclic amines) is 1. The fourth-order valence-corrected chi connectivity index (χ4v) is 5.03. The van der Waals surface area contributed by atoms with E-state index in [4.69, 9.17) is 23.2 Å². The number of nitrogens with one attached hydrogen (secondary N) is 1. The second-order valence-corrected chi connectivity index (χ2v) is 11.3. The summed E-state index contributed by atoms with van der Waals surface area (Å²) in [6.45, 7) is 10.6. The molecule has 1 aromatic heterocycles. The number of rotatable bonds is 8. The normalized spacial score (nSPS) is 15.5. The van der Waals surface area contributed by atoms with Crippen LogP contribution in [0.5, 0.6) is 0 Å². The van der Waals surface area contributed by atoms with E-state index in [-0.39, 0.29) is 23.7 Å². The van der Waals surface area contributed by atoms with Crippen molar-refractivity contribution < 1.29 is 4.79 Å². The molecule has 172 valence electrons. The third kappa shape index (κ3) is 8.25. The third-order valence-corrected chi connectivity index (χ3v) is 7.75. The minimum atomic E-state index is 0. The molecule has 0 spiro atoms. The Morgan fingerprint density at radius 1 is 1.16 bits per heavy atom. The van der Waals surface area contributed by atoms with Gasteiger partial charge in [-0.05, 0) is 93.4 Å². The van der Waals surface area contributed by atoms with Crippen LogP contribution in [0.3, 0.4) is 0 Å². The largest absolute Gasteiger partial charge is 0.351 e. The molecule has 1 saturated heterocycles. The molecule has 1 fully saturated rings. The van der Waals surface area contributed by atoms with Gasteiger partial charge in [0.15, 0.2) is 0 Å². The van der Waals surface area contributed by atoms with Gasteiger partial charge in [-0.3, -0.25) is 4.79 Å². The van der Waals surface area contributed by atoms with E-state index < -0.39 is 0 Å². The fourth-order valence-electron chi connectivity index (χ4n) is 3.93. The second-order valence-electron chi connectivity index (χ2n) is 9.24. The Morgan fingerprint density at radius 2 is 1.87 bits per heavy atom. The van der Waals surface area contributed by atoms with Gasteiger partial charge in [0.05, 0.1) is 14.9 Å². The summed E-state index contributed by atoms with van der Waals surface area (Å²) in [6, 6.07) is 9.90. The minimum Gasteiger partial charge on any atom is -0.351 e. The first-order valence-electron chi connectivity index (χ1n) is 10.7. The predicted octanol–water partition coefficient (Wildman–Crippen LogP) is 6.89. The average molecular weight is 504 g/mol. The Balaban J connectivity index is 0.00000341. The summed E-state index contributed by atoms with van der Waals surface area (Å²) in [5, 5.41) is 4.39. The molecular weight excluding hydrogens is 471 g/mol. The van der Waals surface area contributed by atoms with Gasteiger partial charge in [0.25, 0.3) is 5.91 Å². The highest BCUT2D eigenvalue weighted by atomic mass is 35.5. The van der Waals surface area contributed by atoms with E-state index in [2.05, 4.69) is 30.1 Å². The van der Waals surface area contributed by atoms with Crippen LogP contribution in [0.2, 0.25) is 10.0 Å². The standard InChI is InChI=1S/C24H32Cl2N2OS.ClH/c1-17-4-7-22(30-17)23(29)27-16-24(2,3)10-13-28-11-8-18(9-12-28)14-19-5-6-20(25)21(26)15-19;/h4-7,15,18H,8-14,16H2,1-3H3,(H,27,29);1H. The molecule has 7 heteroatoms. The van der Waals surface area contributed by atoms with Crippen LogP contribution in [-0.2, 0) is 6.42 Å². The van der Waals surface area contributed by atoms with Crippen molar-refractivity contribution in [2.45, 2.75) is 46.5 Å². The molecule has 2 heterocycles. The van der Waals surface area contributed by atoms with Crippen LogP contribution in [-0.4, -0.2) is 37.0 Å². The molecule has 0 radical (unpaired) electrons. The quantitative estimate of drug-likeness (QED) is 0.425. The summed E-state index contributed by atoms with van der Waals surface area (Å²) in [6.07, 6.45) is 4.59. The van der Waals surface area contributed by atoms with Crippen molar-refractivity contribution in [1.82, 2.24) is 10.2 Å². The highest BCUT2D eigenvalue weighted by molar-refractivity contribution is 7.13. The van der Waals surface area contributed by atoms with Crippen molar-refractivity contribution in [1.29, 1.82) is 0 Å². The Kier molecular flexibility index (Phi) is 10.2. The lowest BCUT2D eigenvalue weighted by molar-refractivity contribution is 0.0931. The van der Waals surface area contributed by atoms with Gasteiger partial charge < -0.3 is 10.2 Å². The van der Waals surface area contributed by atoms with Crippen LogP contribution in [0.25, 0.3) is 0 Å². The zero-order chi connectivity index (χ0) is 21.7. The molecule has 1 N–H and O–H groups in total. The lowest BCUT2D eigenvalue weighted by atomic mass is 9.87. The summed E-state index contributed by atoms with van der Waals surface area (Å²) in [5.41, 5.74) is 1.36. The van der Waals surface area contributed by atoms with Gasteiger partial charge in [0.1, 0.15) is 0 Å². The first kappa shape index (κ1) is 26.5. The molecule has 1 aromatic carbocycles. The Labute approximate surface area is 206 Å². The maximum atomic E-state index is 12.3. The zero-order valence-electron chi connectivity index (χ0n) is 18.5. The van der Waals surface area contributed by atoms with Crippen molar-refractivity contribution in [2.75, 3.05) is 26.2 Å². The number of halogens is 3. The van der Waals surface area contributed by atoms with E-state index in [9.17, 15) is 4.79 Å². The minimum absolute atomic E-state index is 0. The van der Waals surface area contributed by atoms with E-state index in [0.29, 0.717) is 22.5 Å². The van der Waals surface area contributed by atoms with Gasteiger partial charge in [0.2, 0.25) is 0 Å². The summed E-state index contributed by atoms with van der Waals surface area (Å²) in [5.74, 6) is 0.754. The summed E-state index contributed by atoms with van der Waals surface area (Å²) >= 11 is 13.7. The van der Waals surface area contributed by atoms with Gasteiger partial charge in [-0.1, -0.05) is 43.1 Å². The van der Waals surface area contributed by atoms with Crippen LogP contribution >= 0.6 is 46.9 Å². The van der Waals surface area contributed by atoms with Gasteiger partial charge in [-0.2, -0.15) is 0 Å². The van der Waals surface area contributed by atoms with E-state index in [1.165, 1.54) is 23.3 Å². The molecule has 0 bridgehead atoms. The predicted molar refractivity (Wildman–Crippen MR) is 136 cm³/mol. The first-order valence-corrected chi connectivity index (χ1v) is 12.3. The number of benzene rings is 1. The average Bonchev–Trinajstić information content (AvgIpc) is 3.15. The van der Waals surface area contributed by atoms with Gasteiger partial charge >= 0.3 is 0 Å². The lowest BCUT2D eigenvalue weighted by Crippen LogP contribution is -2.39. The van der Waals surface area contributed by atoms with Crippen LogP contribution in [0.1, 0.15) is 53.2 Å². The summed E-state index contributed by atoms with van der Waals surface area (Å²) in [4.78, 5) is 16.8. The van der Waals surface area contributed by atoms with Gasteiger partial charge in [0, 0.05) is 11.4 Å². The number of hydrogen-bond donors (Lipinski definition) is 1. The first-order chi connectivity index (χ1) is 14.2. The Bertz CT molecular complexity index is 860. The number of amides is 1. The van der Waals surface area contributed by atoms with Crippen LogP contribution in [0.15, 0.2) is 30.3 Å². The summed E-state index contributed by atoms with van der Waals surface area (Å²) < 4.78 is 0. The molecule has 1 aliphatic heterocycles. The van der Waals surface area contributed by atoms with Gasteiger partial charge in [-0.15, -0.1) is 23.7 Å². The lowest BCUT2D eigenvalue weighted by Gasteiger charge is -2.34. The molecule has 1 amide bonds. The third-order valence-electron chi connectivity index (χ3n) is 6.01. The van der Waals surface area contributed by atoms with Crippen molar-refractivity contribution in [3.63, 3.8) is 0 Å². The molecule has 1 aliphatic rings. The number of hydrogen-bond acceptors (Lipinski definition) is 3. The Hall–Kier alpha value is -0.780. The zero-order valence-corrected chi connectivity index (χ0v) is 21.7. The maximum absolute atomic E-state index is 12.3. The molecule has 0 atom stereocenters. The number of piperidine rings is 1. The molecule has 0 unspecified atom stereocenters. The van der Waals surface area contributed by atoms with Crippen LogP contribution in [0.4, 0.5) is 0 Å². The summed E-state index contributed by atoms with van der Waals surface area (Å²) in [7, 11) is 0. The fraction of sp³-hybridized carbons (Fsp3) is 0.542. The van der Waals surface area contributed by atoms with E-state index >= 15 is 0 Å². The SMILES string of the molecule is Cc1ccc(C(=O)NCC(C)(C)CCN2CCC(Cc3ccc(Cl)c(Cl)c3)CC2)s1.Cl. The van der Waals surface area contributed by atoms with Crippen molar-refractivity contribution in [3.05, 3.63) is 55.7 Å². The van der Waals surface area contributed by atoms with Crippen molar-refractivity contribution in [2.24, 2.45) is 11.3 Å². The monoisotopic (exact) mass is 502 g/mol. The molecule has 0 saturated carbocycles. The van der Waals surface area contributed by atoms with Crippen molar-refractivity contribution in [3.8, 4) is 0 Å². The van der Waals surface area contributed by atoms with Crippen LogP contribution < -0.4 is 5.32 Å². The van der Waals surface area contributed by atoms with E-state index in [1.54, 1.807) is 11.3 Å². The maximum Gasteiger partial charge on any atom is 0.261 e. The van der Waals surface area contributed by atoms with Gasteiger partial charge in [-0.25, -0.2) is 0 Å². The van der Waals surface area contributed by atoms with E-state index in [0.717, 1.165) is 37.4 Å². The van der Waals surface area contributed by atoms with Crippen LogP contribution in [0, 0.1) is 18.3 Å². The molecule has 0 aliphatic carbocycles. The number of carbonyl (C=O) groups excluding carboxylic acids is 1. The van der Waals surface area contributed by atoms with E-state index in [1.807, 2.05) is 31.2 Å². The molecule has 2 aromatic rings. The molecule has 3 rings (SSSR count). The topological polar surface area (TPSA) is 32.3 Å². The number of nitrogens with zero attached hydrogens (tertiary/aromatic N) is 1. The Morgan fingerprint density at radius 3 is 2.48 bits per heavy atom. The molecule has 3 nitrogen and oxygen atoms in total. The highest BCUT2D eigenvalue weighted by Crippen LogP contribution is 2.28. The second kappa shape index (κ2) is 11.9.